The first-order valence-corrected chi connectivity index (χ1v) is 7.70. The van der Waals surface area contributed by atoms with Crippen molar-refractivity contribution in [2.75, 3.05) is 10.6 Å². The number of nitrogens with zero attached hydrogens (tertiary/aromatic N) is 1. The van der Waals surface area contributed by atoms with E-state index in [1.165, 1.54) is 10.5 Å². The van der Waals surface area contributed by atoms with Gasteiger partial charge in [-0.1, -0.05) is 45.0 Å². The summed E-state index contributed by atoms with van der Waals surface area (Å²) in [7, 11) is 0. The lowest BCUT2D eigenvalue weighted by Crippen LogP contribution is -2.41. The zero-order chi connectivity index (χ0) is 17.0. The van der Waals surface area contributed by atoms with Crippen LogP contribution >= 0.6 is 0 Å². The number of carbonyl (C=O) groups is 1. The van der Waals surface area contributed by atoms with Crippen molar-refractivity contribution in [2.24, 2.45) is 0 Å². The minimum absolute atomic E-state index is 0.0312. The van der Waals surface area contributed by atoms with E-state index < -0.39 is 5.72 Å². The number of anilines is 2. The van der Waals surface area contributed by atoms with Crippen LogP contribution in [0, 0.1) is 0 Å². The minimum Gasteiger partial charge on any atom is -0.398 e. The van der Waals surface area contributed by atoms with Crippen LogP contribution in [0.3, 0.4) is 0 Å². The van der Waals surface area contributed by atoms with Gasteiger partial charge in [0.25, 0.3) is 5.91 Å². The van der Waals surface area contributed by atoms with Crippen LogP contribution in [-0.2, 0) is 11.1 Å². The summed E-state index contributed by atoms with van der Waals surface area (Å²) >= 11 is 0. The Morgan fingerprint density at radius 3 is 2.22 bits per heavy atom. The maximum Gasteiger partial charge on any atom is 0.263 e. The molecule has 2 aromatic carbocycles. The Bertz CT molecular complexity index is 771. The van der Waals surface area contributed by atoms with Crippen molar-refractivity contribution < 1.29 is 9.90 Å². The number of rotatable bonds is 1. The number of nitrogens with two attached hydrogens (primary N) is 1. The molecule has 0 fully saturated rings. The van der Waals surface area contributed by atoms with E-state index >= 15 is 0 Å². The van der Waals surface area contributed by atoms with Gasteiger partial charge in [-0.05, 0) is 36.1 Å². The molecule has 1 aliphatic rings. The number of benzene rings is 2. The van der Waals surface area contributed by atoms with Crippen LogP contribution in [-0.4, -0.2) is 11.0 Å². The molecule has 120 valence electrons. The Balaban J connectivity index is 2.08. The van der Waals surface area contributed by atoms with Gasteiger partial charge in [0.2, 0.25) is 0 Å². The van der Waals surface area contributed by atoms with Crippen LogP contribution in [0.1, 0.15) is 49.2 Å². The van der Waals surface area contributed by atoms with E-state index in [2.05, 4.69) is 20.8 Å². The number of hydrogen-bond acceptors (Lipinski definition) is 3. The average molecular weight is 310 g/mol. The molecule has 3 N–H and O–H groups in total. The van der Waals surface area contributed by atoms with E-state index in [0.717, 1.165) is 0 Å². The van der Waals surface area contributed by atoms with Gasteiger partial charge in [-0.25, -0.2) is 0 Å². The maximum atomic E-state index is 12.8. The number of nitrogen functional groups attached to an aromatic ring is 1. The third kappa shape index (κ3) is 2.30. The molecule has 4 heteroatoms. The fraction of sp³-hybridized carbons (Fsp3) is 0.316. The van der Waals surface area contributed by atoms with Crippen LogP contribution in [0.25, 0.3) is 0 Å². The third-order valence-corrected chi connectivity index (χ3v) is 4.45. The molecule has 0 aromatic heterocycles. The predicted octanol–water partition coefficient (Wildman–Crippen LogP) is 3.39. The quantitative estimate of drug-likeness (QED) is 0.793. The molecule has 23 heavy (non-hydrogen) atoms. The fourth-order valence-electron chi connectivity index (χ4n) is 3.11. The lowest BCUT2D eigenvalue weighted by molar-refractivity contribution is 0.0555. The highest BCUT2D eigenvalue weighted by molar-refractivity contribution is 6.14. The van der Waals surface area contributed by atoms with Crippen LogP contribution in [0.5, 0.6) is 0 Å². The SMILES string of the molecule is CC(C)(C)c1ccc(N2C(=O)c3c(N)cccc3C2(C)O)cc1. The Hall–Kier alpha value is -2.33. The zero-order valence-corrected chi connectivity index (χ0v) is 13.9. The van der Waals surface area contributed by atoms with Gasteiger partial charge < -0.3 is 10.8 Å². The zero-order valence-electron chi connectivity index (χ0n) is 13.9. The summed E-state index contributed by atoms with van der Waals surface area (Å²) in [5.74, 6) is -0.272. The molecule has 4 nitrogen and oxygen atoms in total. The predicted molar refractivity (Wildman–Crippen MR) is 92.4 cm³/mol. The third-order valence-electron chi connectivity index (χ3n) is 4.45. The summed E-state index contributed by atoms with van der Waals surface area (Å²) in [6.07, 6.45) is 0. The van der Waals surface area contributed by atoms with Crippen LogP contribution in [0.15, 0.2) is 42.5 Å². The van der Waals surface area contributed by atoms with Crippen LogP contribution < -0.4 is 10.6 Å². The van der Waals surface area contributed by atoms with E-state index in [0.29, 0.717) is 22.5 Å². The van der Waals surface area contributed by atoms with Crippen LogP contribution in [0.4, 0.5) is 11.4 Å². The molecule has 1 unspecified atom stereocenters. The van der Waals surface area contributed by atoms with Gasteiger partial charge >= 0.3 is 0 Å². The molecule has 3 rings (SSSR count). The fourth-order valence-corrected chi connectivity index (χ4v) is 3.11. The van der Waals surface area contributed by atoms with Gasteiger partial charge in [0.1, 0.15) is 0 Å². The Morgan fingerprint density at radius 1 is 1.09 bits per heavy atom. The summed E-state index contributed by atoms with van der Waals surface area (Å²) < 4.78 is 0. The topological polar surface area (TPSA) is 66.6 Å². The smallest absolute Gasteiger partial charge is 0.263 e. The van der Waals surface area contributed by atoms with Crippen molar-refractivity contribution in [1.82, 2.24) is 0 Å². The molecule has 0 bridgehead atoms. The van der Waals surface area contributed by atoms with E-state index in [-0.39, 0.29) is 11.3 Å². The Kier molecular flexibility index (Phi) is 3.27. The summed E-state index contributed by atoms with van der Waals surface area (Å²) in [5, 5.41) is 10.9. The van der Waals surface area contributed by atoms with Crippen molar-refractivity contribution >= 4 is 17.3 Å². The van der Waals surface area contributed by atoms with Crippen molar-refractivity contribution in [3.63, 3.8) is 0 Å². The first kappa shape index (κ1) is 15.6. The van der Waals surface area contributed by atoms with Gasteiger partial charge in [0, 0.05) is 16.9 Å². The Morgan fingerprint density at radius 2 is 1.70 bits per heavy atom. The van der Waals surface area contributed by atoms with Crippen LogP contribution in [0.2, 0.25) is 0 Å². The van der Waals surface area contributed by atoms with Crippen molar-refractivity contribution in [1.29, 1.82) is 0 Å². The van der Waals surface area contributed by atoms with Gasteiger partial charge in [0.05, 0.1) is 5.56 Å². The number of aliphatic hydroxyl groups is 1. The average Bonchev–Trinajstić information content (AvgIpc) is 2.66. The van der Waals surface area contributed by atoms with E-state index in [9.17, 15) is 9.90 Å². The number of hydrogen-bond donors (Lipinski definition) is 2. The van der Waals surface area contributed by atoms with E-state index in [1.54, 1.807) is 25.1 Å². The largest absolute Gasteiger partial charge is 0.398 e. The molecular weight excluding hydrogens is 288 g/mol. The van der Waals surface area contributed by atoms with Crippen molar-refractivity contribution in [2.45, 2.75) is 38.8 Å². The number of carbonyl (C=O) groups excluding carboxylic acids is 1. The second-order valence-corrected chi connectivity index (χ2v) is 7.23. The lowest BCUT2D eigenvalue weighted by Gasteiger charge is -2.31. The summed E-state index contributed by atoms with van der Waals surface area (Å²) in [5.41, 5.74) is 7.71. The molecule has 0 spiro atoms. The molecule has 0 saturated heterocycles. The highest BCUT2D eigenvalue weighted by Crippen LogP contribution is 2.42. The number of amides is 1. The highest BCUT2D eigenvalue weighted by atomic mass is 16.3. The van der Waals surface area contributed by atoms with Crippen molar-refractivity contribution in [3.05, 3.63) is 59.2 Å². The van der Waals surface area contributed by atoms with E-state index in [4.69, 9.17) is 5.73 Å². The first-order valence-electron chi connectivity index (χ1n) is 7.70. The minimum atomic E-state index is -1.41. The Labute approximate surface area is 136 Å². The van der Waals surface area contributed by atoms with Gasteiger partial charge in [-0.3, -0.25) is 9.69 Å². The molecule has 1 heterocycles. The summed E-state index contributed by atoms with van der Waals surface area (Å²) in [6.45, 7) is 8.02. The molecule has 1 atom stereocenters. The molecule has 1 amide bonds. The molecule has 0 radical (unpaired) electrons. The van der Waals surface area contributed by atoms with Gasteiger partial charge in [-0.2, -0.15) is 0 Å². The van der Waals surface area contributed by atoms with Crippen molar-refractivity contribution in [3.8, 4) is 0 Å². The number of fused-ring (bicyclic) bond motifs is 1. The highest BCUT2D eigenvalue weighted by Gasteiger charge is 2.46. The second-order valence-electron chi connectivity index (χ2n) is 7.23. The van der Waals surface area contributed by atoms with E-state index in [1.807, 2.05) is 24.3 Å². The molecule has 1 aliphatic heterocycles. The molecular formula is C19H22N2O2. The maximum absolute atomic E-state index is 12.8. The lowest BCUT2D eigenvalue weighted by atomic mass is 9.87. The van der Waals surface area contributed by atoms with Gasteiger partial charge in [0.15, 0.2) is 5.72 Å². The molecule has 0 saturated carbocycles. The second kappa shape index (κ2) is 4.83. The first-order chi connectivity index (χ1) is 10.6. The normalized spacial score (nSPS) is 20.7. The standard InChI is InChI=1S/C19H22N2O2/c1-18(2,3)12-8-10-13(11-9-12)21-17(22)16-14(19(21,4)23)6-5-7-15(16)20/h5-11,23H,20H2,1-4H3. The van der Waals surface area contributed by atoms with Gasteiger partial charge in [-0.15, -0.1) is 0 Å². The monoisotopic (exact) mass is 310 g/mol. The molecule has 2 aromatic rings. The summed E-state index contributed by atoms with van der Waals surface area (Å²) in [6, 6.07) is 12.9. The molecule has 0 aliphatic carbocycles. The summed E-state index contributed by atoms with van der Waals surface area (Å²) in [4.78, 5) is 14.2.